The summed E-state index contributed by atoms with van der Waals surface area (Å²) in [5, 5.41) is 2.98. The normalized spacial score (nSPS) is 25.0. The van der Waals surface area contributed by atoms with Crippen LogP contribution in [0.5, 0.6) is 5.75 Å². The number of benzene rings is 1. The number of nitrogens with one attached hydrogen (secondary N) is 1. The summed E-state index contributed by atoms with van der Waals surface area (Å²) < 4.78 is 31.4. The molecule has 1 aliphatic carbocycles. The molecule has 5 heteroatoms. The summed E-state index contributed by atoms with van der Waals surface area (Å²) >= 11 is 0. The van der Waals surface area contributed by atoms with Crippen LogP contribution in [-0.2, 0) is 9.84 Å². The molecule has 1 aromatic rings. The van der Waals surface area contributed by atoms with Gasteiger partial charge in [-0.1, -0.05) is 32.9 Å². The monoisotopic (exact) mass is 311 g/mol. The van der Waals surface area contributed by atoms with Crippen molar-refractivity contribution >= 4 is 9.84 Å². The van der Waals surface area contributed by atoms with Crippen molar-refractivity contribution in [1.29, 1.82) is 0 Å². The summed E-state index contributed by atoms with van der Waals surface area (Å²) in [7, 11) is -1.90. The van der Waals surface area contributed by atoms with Gasteiger partial charge in [-0.15, -0.1) is 0 Å². The molecule has 1 fully saturated rings. The fraction of sp³-hybridized carbons (Fsp3) is 0.625. The molecule has 0 saturated heterocycles. The molecule has 1 aliphatic rings. The summed E-state index contributed by atoms with van der Waals surface area (Å²) in [6, 6.07) is 6.85. The minimum absolute atomic E-state index is 0.0181. The summed E-state index contributed by atoms with van der Waals surface area (Å²) in [6.07, 6.45) is 1.59. The lowest BCUT2D eigenvalue weighted by atomic mass is 9.87. The number of rotatable bonds is 5. The van der Waals surface area contributed by atoms with Crippen LogP contribution in [0.2, 0.25) is 0 Å². The Morgan fingerprint density at radius 2 is 2.00 bits per heavy atom. The van der Waals surface area contributed by atoms with Gasteiger partial charge in [0.25, 0.3) is 0 Å². The van der Waals surface area contributed by atoms with E-state index in [1.54, 1.807) is 24.3 Å². The van der Waals surface area contributed by atoms with Gasteiger partial charge < -0.3 is 10.1 Å². The summed E-state index contributed by atoms with van der Waals surface area (Å²) in [6.45, 7) is 7.06. The molecule has 2 rings (SSSR count). The molecule has 21 heavy (non-hydrogen) atoms. The smallest absolute Gasteiger partial charge is 0.186 e. The van der Waals surface area contributed by atoms with Crippen LogP contribution in [0.15, 0.2) is 29.2 Å². The lowest BCUT2D eigenvalue weighted by molar-refractivity contribution is 0.288. The van der Waals surface area contributed by atoms with Crippen LogP contribution in [0.25, 0.3) is 0 Å². The predicted molar refractivity (Wildman–Crippen MR) is 84.4 cm³/mol. The summed E-state index contributed by atoms with van der Waals surface area (Å²) in [5.74, 6) is 0.428. The number of sulfone groups is 1. The molecule has 4 nitrogen and oxygen atoms in total. The first-order valence-corrected chi connectivity index (χ1v) is 8.99. The first-order valence-electron chi connectivity index (χ1n) is 7.45. The Balaban J connectivity index is 2.44. The van der Waals surface area contributed by atoms with Crippen molar-refractivity contribution < 1.29 is 13.2 Å². The van der Waals surface area contributed by atoms with Gasteiger partial charge in [-0.25, -0.2) is 8.42 Å². The second-order valence-electron chi connectivity index (χ2n) is 6.30. The van der Waals surface area contributed by atoms with Crippen molar-refractivity contribution in [2.45, 2.75) is 49.8 Å². The molecule has 0 spiro atoms. The highest BCUT2D eigenvalue weighted by molar-refractivity contribution is 7.92. The minimum atomic E-state index is -3.41. The predicted octanol–water partition coefficient (Wildman–Crippen LogP) is 2.64. The van der Waals surface area contributed by atoms with Crippen LogP contribution >= 0.6 is 0 Å². The molecule has 0 aromatic heterocycles. The van der Waals surface area contributed by atoms with E-state index in [1.165, 1.54) is 7.11 Å². The molecule has 0 heterocycles. The number of hydrogen-bond donors (Lipinski definition) is 1. The van der Waals surface area contributed by atoms with Crippen LogP contribution < -0.4 is 10.1 Å². The van der Waals surface area contributed by atoms with E-state index >= 15 is 0 Å². The number of ether oxygens (including phenoxy) is 1. The number of methoxy groups -OCH3 is 1. The molecule has 2 unspecified atom stereocenters. The van der Waals surface area contributed by atoms with Gasteiger partial charge in [-0.2, -0.15) is 0 Å². The Hall–Kier alpha value is -1.07. The maximum Gasteiger partial charge on any atom is 0.186 e. The highest BCUT2D eigenvalue weighted by Gasteiger charge is 2.48. The quantitative estimate of drug-likeness (QED) is 0.908. The SMILES string of the molecule is CCNC1C(S(=O)(=O)c2ccccc2OC)CCC1(C)C. The molecule has 0 amide bonds. The maximum absolute atomic E-state index is 13.1. The van der Waals surface area contributed by atoms with Gasteiger partial charge in [0.15, 0.2) is 9.84 Å². The Kier molecular flexibility index (Phi) is 4.63. The molecule has 1 saturated carbocycles. The third-order valence-corrected chi connectivity index (χ3v) is 6.74. The Morgan fingerprint density at radius 1 is 1.33 bits per heavy atom. The van der Waals surface area contributed by atoms with Gasteiger partial charge in [0, 0.05) is 6.04 Å². The van der Waals surface area contributed by atoms with Gasteiger partial charge in [0.1, 0.15) is 10.6 Å². The molecule has 0 bridgehead atoms. The second kappa shape index (κ2) is 5.97. The van der Waals surface area contributed by atoms with Crippen LogP contribution in [0.1, 0.15) is 33.6 Å². The van der Waals surface area contributed by atoms with Crippen molar-refractivity contribution in [2.24, 2.45) is 5.41 Å². The second-order valence-corrected chi connectivity index (χ2v) is 8.43. The minimum Gasteiger partial charge on any atom is -0.495 e. The van der Waals surface area contributed by atoms with E-state index in [-0.39, 0.29) is 11.5 Å². The standard InChI is InChI=1S/C16H25NO3S/c1-5-17-15-14(10-11-16(15,2)3)21(18,19)13-9-7-6-8-12(13)20-4/h6-9,14-15,17H,5,10-11H2,1-4H3. The zero-order chi connectivity index (χ0) is 15.7. The van der Waals surface area contributed by atoms with Crippen molar-refractivity contribution in [3.05, 3.63) is 24.3 Å². The average Bonchev–Trinajstić information content (AvgIpc) is 2.75. The molecule has 0 aliphatic heterocycles. The topological polar surface area (TPSA) is 55.4 Å². The number of hydrogen-bond acceptors (Lipinski definition) is 4. The largest absolute Gasteiger partial charge is 0.495 e. The van der Waals surface area contributed by atoms with Gasteiger partial charge in [0.05, 0.1) is 12.4 Å². The van der Waals surface area contributed by atoms with Crippen molar-refractivity contribution in [1.82, 2.24) is 5.32 Å². The average molecular weight is 311 g/mol. The van der Waals surface area contributed by atoms with E-state index in [1.807, 2.05) is 6.92 Å². The van der Waals surface area contributed by atoms with E-state index in [4.69, 9.17) is 4.74 Å². The van der Waals surface area contributed by atoms with Gasteiger partial charge in [0.2, 0.25) is 0 Å². The fourth-order valence-electron chi connectivity index (χ4n) is 3.32. The molecule has 0 radical (unpaired) electrons. The van der Waals surface area contributed by atoms with Gasteiger partial charge >= 0.3 is 0 Å². The van der Waals surface area contributed by atoms with Gasteiger partial charge in [-0.05, 0) is 36.9 Å². The third-order valence-electron chi connectivity index (χ3n) is 4.49. The third kappa shape index (κ3) is 2.94. The molecule has 1 N–H and O–H groups in total. The zero-order valence-electron chi connectivity index (χ0n) is 13.2. The Bertz CT molecular complexity index is 595. The first kappa shape index (κ1) is 16.3. The van der Waals surface area contributed by atoms with E-state index in [0.717, 1.165) is 13.0 Å². The van der Waals surface area contributed by atoms with Crippen LogP contribution in [0.3, 0.4) is 0 Å². The van der Waals surface area contributed by atoms with E-state index in [9.17, 15) is 8.42 Å². The fourth-order valence-corrected chi connectivity index (χ4v) is 5.60. The van der Waals surface area contributed by atoms with Crippen LogP contribution in [0, 0.1) is 5.41 Å². The van der Waals surface area contributed by atoms with E-state index in [2.05, 4.69) is 19.2 Å². The lowest BCUT2D eigenvalue weighted by Crippen LogP contribution is -2.47. The first-order chi connectivity index (χ1) is 9.84. The zero-order valence-corrected chi connectivity index (χ0v) is 14.0. The summed E-state index contributed by atoms with van der Waals surface area (Å²) in [5.41, 5.74) is -0.0181. The highest BCUT2D eigenvalue weighted by Crippen LogP contribution is 2.43. The summed E-state index contributed by atoms with van der Waals surface area (Å²) in [4.78, 5) is 0.304. The Morgan fingerprint density at radius 3 is 2.62 bits per heavy atom. The number of para-hydroxylation sites is 1. The van der Waals surface area contributed by atoms with Crippen LogP contribution in [0.4, 0.5) is 0 Å². The van der Waals surface area contributed by atoms with Crippen molar-refractivity contribution in [3.8, 4) is 5.75 Å². The highest BCUT2D eigenvalue weighted by atomic mass is 32.2. The van der Waals surface area contributed by atoms with E-state index < -0.39 is 15.1 Å². The molecular weight excluding hydrogens is 286 g/mol. The van der Waals surface area contributed by atoms with E-state index in [0.29, 0.717) is 17.1 Å². The maximum atomic E-state index is 13.1. The molecule has 1 aromatic carbocycles. The van der Waals surface area contributed by atoms with Gasteiger partial charge in [-0.3, -0.25) is 0 Å². The van der Waals surface area contributed by atoms with Crippen molar-refractivity contribution in [2.75, 3.05) is 13.7 Å². The molecular formula is C16H25NO3S. The van der Waals surface area contributed by atoms with Crippen molar-refractivity contribution in [3.63, 3.8) is 0 Å². The van der Waals surface area contributed by atoms with Crippen LogP contribution in [-0.4, -0.2) is 33.4 Å². The Labute approximate surface area is 127 Å². The molecule has 118 valence electrons. The molecule has 2 atom stereocenters. The lowest BCUT2D eigenvalue weighted by Gasteiger charge is -2.31.